The van der Waals surface area contributed by atoms with Crippen LogP contribution in [0.4, 0.5) is 0 Å². The van der Waals surface area contributed by atoms with Crippen molar-refractivity contribution in [1.82, 2.24) is 14.6 Å². The fraction of sp³-hybridized carbons (Fsp3) is 0.160. The molecule has 2 aliphatic heterocycles. The average molecular weight is 455 g/mol. The summed E-state index contributed by atoms with van der Waals surface area (Å²) in [5.41, 5.74) is 6.38. The summed E-state index contributed by atoms with van der Waals surface area (Å²) in [5.74, 6) is -0.407. The highest BCUT2D eigenvalue weighted by molar-refractivity contribution is 8.27. The number of amidine groups is 2. The minimum atomic E-state index is -0.430. The second-order valence-corrected chi connectivity index (χ2v) is 8.77. The predicted octanol–water partition coefficient (Wildman–Crippen LogP) is 4.72. The number of hydrogen-bond acceptors (Lipinski definition) is 5. The quantitative estimate of drug-likeness (QED) is 0.578. The van der Waals surface area contributed by atoms with Crippen molar-refractivity contribution in [3.63, 3.8) is 0 Å². The normalized spacial score (nSPS) is 16.8. The van der Waals surface area contributed by atoms with Crippen LogP contribution < -0.4 is 0 Å². The number of hydrogen-bond donors (Lipinski definition) is 1. The van der Waals surface area contributed by atoms with E-state index in [2.05, 4.69) is 38.7 Å². The molecule has 33 heavy (non-hydrogen) atoms. The molecule has 0 unspecified atom stereocenters. The van der Waals surface area contributed by atoms with Gasteiger partial charge in [0.2, 0.25) is 5.17 Å². The zero-order valence-corrected chi connectivity index (χ0v) is 19.3. The molecule has 3 aromatic rings. The number of amides is 1. The summed E-state index contributed by atoms with van der Waals surface area (Å²) in [6, 6.07) is 14.1. The number of rotatable bonds is 4. The Morgan fingerprint density at radius 3 is 2.73 bits per heavy atom. The number of aromatic nitrogens is 2. The Labute approximate surface area is 196 Å². The number of aryl methyl sites for hydroxylation is 2. The number of aliphatic imine (C=N–C) groups is 1. The maximum Gasteiger partial charge on any atom is 0.283 e. The van der Waals surface area contributed by atoms with Crippen molar-refractivity contribution in [1.29, 1.82) is 5.41 Å². The van der Waals surface area contributed by atoms with E-state index in [0.29, 0.717) is 10.2 Å². The molecule has 0 saturated carbocycles. The van der Waals surface area contributed by atoms with Crippen LogP contribution in [0.15, 0.2) is 70.5 Å². The van der Waals surface area contributed by atoms with Crippen molar-refractivity contribution in [2.45, 2.75) is 27.2 Å². The van der Waals surface area contributed by atoms with Crippen molar-refractivity contribution < 1.29 is 4.79 Å². The summed E-state index contributed by atoms with van der Waals surface area (Å²) in [6.07, 6.45) is 6.07. The number of nitrogens with zero attached hydrogens (tertiary/aromatic N) is 5. The number of hydrazone groups is 1. The topological polar surface area (TPSA) is 86.7 Å². The van der Waals surface area contributed by atoms with Crippen LogP contribution in [0.5, 0.6) is 0 Å². The number of fused-ring (bicyclic) bond motifs is 1. The lowest BCUT2D eigenvalue weighted by Gasteiger charge is -2.20. The van der Waals surface area contributed by atoms with Crippen LogP contribution in [0.25, 0.3) is 11.8 Å². The molecule has 1 amide bonds. The number of para-hydroxylation sites is 1. The molecule has 1 N–H and O–H groups in total. The highest BCUT2D eigenvalue weighted by Crippen LogP contribution is 2.32. The van der Waals surface area contributed by atoms with Crippen molar-refractivity contribution in [3.05, 3.63) is 88.5 Å². The molecular weight excluding hydrogens is 432 g/mol. The van der Waals surface area contributed by atoms with E-state index in [9.17, 15) is 4.79 Å². The van der Waals surface area contributed by atoms with E-state index >= 15 is 0 Å². The standard InChI is InChI=1S/C25H22N6OS/c1-4-17-8-5-6-10-21(17)30-15(2)12-19(16(30)3)13-20-22(26)31-25(28-23(20)32)33-24(29-31)18-9-7-11-27-14-18/h5-14,26H,4H2,1-3H3/b20-13+,26-22?. The Morgan fingerprint density at radius 1 is 1.15 bits per heavy atom. The lowest BCUT2D eigenvalue weighted by atomic mass is 10.1. The molecule has 8 heteroatoms. The number of carbonyl (C=O) groups is 1. The molecule has 0 aliphatic carbocycles. The lowest BCUT2D eigenvalue weighted by molar-refractivity contribution is -0.114. The van der Waals surface area contributed by atoms with Gasteiger partial charge in [-0.1, -0.05) is 25.1 Å². The molecule has 0 radical (unpaired) electrons. The first-order chi connectivity index (χ1) is 16.0. The molecule has 7 nitrogen and oxygen atoms in total. The lowest BCUT2D eigenvalue weighted by Crippen LogP contribution is -2.35. The van der Waals surface area contributed by atoms with Crippen LogP contribution in [0.1, 0.15) is 35.0 Å². The van der Waals surface area contributed by atoms with Gasteiger partial charge in [-0.05, 0) is 73.5 Å². The van der Waals surface area contributed by atoms with E-state index in [1.54, 1.807) is 18.5 Å². The minimum absolute atomic E-state index is 0.0233. The molecule has 2 aromatic heterocycles. The summed E-state index contributed by atoms with van der Waals surface area (Å²) < 4.78 is 2.20. The Bertz CT molecular complexity index is 1380. The SMILES string of the molecule is CCc1ccccc1-n1c(C)cc(/C=C2\C(=N)N3N=C(c4cccnc4)SC3=NC2=O)c1C. The van der Waals surface area contributed by atoms with Gasteiger partial charge in [0.1, 0.15) is 5.04 Å². The molecule has 164 valence electrons. The number of pyridine rings is 1. The fourth-order valence-electron chi connectivity index (χ4n) is 4.09. The zero-order chi connectivity index (χ0) is 23.1. The molecule has 0 atom stereocenters. The van der Waals surface area contributed by atoms with Gasteiger partial charge in [-0.15, -0.1) is 0 Å². The molecule has 5 rings (SSSR count). The molecule has 0 fully saturated rings. The maximum absolute atomic E-state index is 12.9. The molecular formula is C25H22N6OS. The number of nitrogens with one attached hydrogen (secondary N) is 1. The van der Waals surface area contributed by atoms with E-state index in [0.717, 1.165) is 34.6 Å². The van der Waals surface area contributed by atoms with E-state index in [4.69, 9.17) is 5.41 Å². The average Bonchev–Trinajstić information content (AvgIpc) is 3.37. The summed E-state index contributed by atoms with van der Waals surface area (Å²) in [6.45, 7) is 6.22. The molecule has 0 saturated heterocycles. The van der Waals surface area contributed by atoms with Crippen molar-refractivity contribution in [3.8, 4) is 5.69 Å². The van der Waals surface area contributed by atoms with Crippen LogP contribution in [0.3, 0.4) is 0 Å². The van der Waals surface area contributed by atoms with Crippen LogP contribution >= 0.6 is 11.8 Å². The van der Waals surface area contributed by atoms with Crippen LogP contribution in [-0.2, 0) is 11.2 Å². The van der Waals surface area contributed by atoms with Crippen LogP contribution in [0.2, 0.25) is 0 Å². The van der Waals surface area contributed by atoms with Gasteiger partial charge < -0.3 is 4.57 Å². The molecule has 4 heterocycles. The summed E-state index contributed by atoms with van der Waals surface area (Å²) in [4.78, 5) is 21.2. The van der Waals surface area contributed by atoms with Crippen molar-refractivity contribution in [2.75, 3.05) is 0 Å². The van der Waals surface area contributed by atoms with Gasteiger partial charge in [-0.2, -0.15) is 15.1 Å². The molecule has 2 aliphatic rings. The third kappa shape index (κ3) is 3.62. The Morgan fingerprint density at radius 2 is 1.97 bits per heavy atom. The minimum Gasteiger partial charge on any atom is -0.318 e. The van der Waals surface area contributed by atoms with E-state index in [1.165, 1.54) is 22.3 Å². The first kappa shape index (κ1) is 21.1. The largest absolute Gasteiger partial charge is 0.318 e. The van der Waals surface area contributed by atoms with Gasteiger partial charge in [-0.25, -0.2) is 0 Å². The Kier molecular flexibility index (Phi) is 5.30. The van der Waals surface area contributed by atoms with E-state index in [1.807, 2.05) is 44.2 Å². The monoisotopic (exact) mass is 454 g/mol. The summed E-state index contributed by atoms with van der Waals surface area (Å²) in [5, 5.41) is 15.7. The van der Waals surface area contributed by atoms with E-state index < -0.39 is 5.91 Å². The summed E-state index contributed by atoms with van der Waals surface area (Å²) >= 11 is 1.27. The summed E-state index contributed by atoms with van der Waals surface area (Å²) in [7, 11) is 0. The van der Waals surface area contributed by atoms with Crippen molar-refractivity contribution in [2.24, 2.45) is 10.1 Å². The van der Waals surface area contributed by atoms with E-state index in [-0.39, 0.29) is 11.4 Å². The van der Waals surface area contributed by atoms with Gasteiger partial charge >= 0.3 is 0 Å². The van der Waals surface area contributed by atoms with Gasteiger partial charge in [-0.3, -0.25) is 15.2 Å². The Balaban J connectivity index is 1.53. The van der Waals surface area contributed by atoms with Gasteiger partial charge in [0, 0.05) is 35.0 Å². The second-order valence-electron chi connectivity index (χ2n) is 7.81. The molecule has 1 aromatic carbocycles. The molecule has 0 spiro atoms. The zero-order valence-electron chi connectivity index (χ0n) is 18.5. The van der Waals surface area contributed by atoms with Crippen molar-refractivity contribution >= 4 is 39.8 Å². The predicted molar refractivity (Wildman–Crippen MR) is 133 cm³/mol. The van der Waals surface area contributed by atoms with Gasteiger partial charge in [0.15, 0.2) is 5.84 Å². The first-order valence-electron chi connectivity index (χ1n) is 10.7. The maximum atomic E-state index is 12.9. The molecule has 0 bridgehead atoms. The van der Waals surface area contributed by atoms with Crippen LogP contribution in [-0.4, -0.2) is 36.5 Å². The van der Waals surface area contributed by atoms with Gasteiger partial charge in [0.25, 0.3) is 5.91 Å². The number of thioether (sulfide) groups is 1. The van der Waals surface area contributed by atoms with Gasteiger partial charge in [0.05, 0.1) is 5.57 Å². The highest BCUT2D eigenvalue weighted by Gasteiger charge is 2.36. The third-order valence-corrected chi connectivity index (χ3v) is 6.70. The second kappa shape index (κ2) is 8.29. The third-order valence-electron chi connectivity index (χ3n) is 5.75. The number of carbonyl (C=O) groups excluding carboxylic acids is 1. The fourth-order valence-corrected chi connectivity index (χ4v) is 4.97. The number of benzene rings is 1. The smallest absolute Gasteiger partial charge is 0.283 e. The first-order valence-corrected chi connectivity index (χ1v) is 11.5. The Hall–Kier alpha value is -3.78. The van der Waals surface area contributed by atoms with Crippen LogP contribution in [0, 0.1) is 19.3 Å². The highest BCUT2D eigenvalue weighted by atomic mass is 32.2.